The Morgan fingerprint density at radius 2 is 0.667 bits per heavy atom. The van der Waals surface area contributed by atoms with Crippen molar-refractivity contribution in [3.05, 3.63) is 141 Å². The monoisotopic (exact) mass is 1100 g/mol. The Kier molecular flexibility index (Phi) is 13.7. The van der Waals surface area contributed by atoms with E-state index in [0.717, 1.165) is 65.7 Å². The van der Waals surface area contributed by atoms with E-state index in [1.54, 1.807) is 11.8 Å². The topological polar surface area (TPSA) is 86.8 Å². The van der Waals surface area contributed by atoms with Crippen molar-refractivity contribution in [3.8, 4) is 23.7 Å². The van der Waals surface area contributed by atoms with Crippen LogP contribution >= 0.6 is 11.8 Å². The summed E-state index contributed by atoms with van der Waals surface area (Å²) in [5.41, 5.74) is 11.3. The fraction of sp³-hybridized carbons (Fsp3) is 0.412. The van der Waals surface area contributed by atoms with Crippen molar-refractivity contribution in [2.75, 3.05) is 28.2 Å². The summed E-state index contributed by atoms with van der Waals surface area (Å²) in [6, 6.07) is 28.5. The van der Waals surface area contributed by atoms with Crippen molar-refractivity contribution in [3.63, 3.8) is 0 Å². The number of fused-ring (bicyclic) bond motifs is 6. The average molecular weight is 1100 g/mol. The molecule has 0 saturated carbocycles. The summed E-state index contributed by atoms with van der Waals surface area (Å²) >= 11 is 1.70. The van der Waals surface area contributed by atoms with Crippen LogP contribution in [0.5, 0.6) is 0 Å². The lowest BCUT2D eigenvalue weighted by molar-refractivity contribution is 0.576. The lowest BCUT2D eigenvalue weighted by Crippen LogP contribution is -2.28. The normalized spacial score (nSPS) is 15.5. The van der Waals surface area contributed by atoms with Crippen molar-refractivity contribution in [1.82, 2.24) is 0 Å². The first-order chi connectivity index (χ1) is 35.8. The smallest absolute Gasteiger partial charge is 0.210 e. The predicted octanol–water partition coefficient (Wildman–Crippen LogP) is 17.1. The highest BCUT2D eigenvalue weighted by atomic mass is 32.2. The summed E-state index contributed by atoms with van der Waals surface area (Å²) in [4.78, 5) is 7.48. The quantitative estimate of drug-likeness (QED) is 0.171. The fourth-order valence-corrected chi connectivity index (χ4v) is 15.0. The second-order valence-electron chi connectivity index (χ2n) is 27.6. The molecule has 7 nitrogen and oxygen atoms in total. The first-order valence-corrected chi connectivity index (χ1v) is 31.2. The first-order valence-electron chi connectivity index (χ1n) is 27.4. The zero-order valence-corrected chi connectivity index (χ0v) is 52.2. The van der Waals surface area contributed by atoms with E-state index in [9.17, 15) is 0 Å². The van der Waals surface area contributed by atoms with Gasteiger partial charge in [-0.15, -0.1) is 0 Å². The summed E-state index contributed by atoms with van der Waals surface area (Å²) in [6.45, 7) is 43.7. The molecule has 0 aromatic heterocycles. The number of anilines is 6. The third-order valence-corrected chi connectivity index (χ3v) is 20.2. The van der Waals surface area contributed by atoms with Crippen LogP contribution < -0.4 is 15.1 Å². The van der Waals surface area contributed by atoms with E-state index in [1.165, 1.54) is 0 Å². The van der Waals surface area contributed by atoms with E-state index in [0.29, 0.717) is 56.8 Å². The number of hydrogen-bond acceptors (Lipinski definition) is 8. The predicted molar refractivity (Wildman–Crippen MR) is 326 cm³/mol. The lowest BCUT2D eigenvalue weighted by atomic mass is 9.84. The van der Waals surface area contributed by atoms with Gasteiger partial charge < -0.3 is 15.1 Å². The van der Waals surface area contributed by atoms with Gasteiger partial charge in [-0.3, -0.25) is 0 Å². The van der Waals surface area contributed by atoms with Crippen LogP contribution in [0, 0.1) is 23.7 Å². The van der Waals surface area contributed by atoms with Crippen LogP contribution in [-0.2, 0) is 52.2 Å². The van der Waals surface area contributed by atoms with E-state index in [4.69, 9.17) is 0 Å². The molecule has 6 aromatic carbocycles. The summed E-state index contributed by atoms with van der Waals surface area (Å²) in [5.74, 6) is 14.5. The maximum Gasteiger partial charge on any atom is 0.210 e. The van der Waals surface area contributed by atoms with Gasteiger partial charge in [0, 0.05) is 34.0 Å². The molecule has 9 rings (SSSR count). The molecule has 1 N–H and O–H groups in total. The molecule has 0 spiro atoms. The number of rotatable bonds is 2. The Morgan fingerprint density at radius 3 is 0.974 bits per heavy atom. The molecule has 0 aliphatic carbocycles. The van der Waals surface area contributed by atoms with Gasteiger partial charge in [-0.1, -0.05) is 172 Å². The Hall–Kier alpha value is -5.91. The maximum absolute atomic E-state index is 15.0. The van der Waals surface area contributed by atoms with E-state index >= 15 is 16.8 Å². The van der Waals surface area contributed by atoms with Crippen LogP contribution in [0.4, 0.5) is 34.1 Å². The molecule has 78 heavy (non-hydrogen) atoms. The molecule has 0 unspecified atom stereocenters. The van der Waals surface area contributed by atoms with Gasteiger partial charge in [-0.05, 0) is 153 Å². The number of hydrogen-bond donors (Lipinski definition) is 1. The van der Waals surface area contributed by atoms with Gasteiger partial charge in [0.15, 0.2) is 0 Å². The Labute approximate surface area is 472 Å². The molecule has 0 saturated heterocycles. The Morgan fingerprint density at radius 1 is 0.385 bits per heavy atom. The zero-order chi connectivity index (χ0) is 57.4. The molecule has 6 aromatic rings. The minimum absolute atomic E-state index is 0.222. The molecule has 0 bridgehead atoms. The van der Waals surface area contributed by atoms with Gasteiger partial charge in [0.25, 0.3) is 0 Å². The standard InChI is InChI=1S/C68H79N3O4S3/c1-21-70-51-29-27-45(63(3,4)5)37-55(51)77(72,73)57-39-49(67(15,16)17)33-43(61(57)70)25-23-41-31-47(65(9,10)11)35-53-59(41)69-60-42(32-48(66(12,13)14)36-54(60)76-53)24-26-44-34-50(68(18,19)20)40-58-62(44)71(22-2)52-30-28-46(64(6,7)8)38-56(52)78(58,74)75/h27-40,69H,21-22H2,1-20H3. The Balaban J connectivity index is 1.24. The third-order valence-electron chi connectivity index (χ3n) is 15.5. The highest BCUT2D eigenvalue weighted by Crippen LogP contribution is 2.53. The van der Waals surface area contributed by atoms with Crippen LogP contribution in [0.25, 0.3) is 0 Å². The van der Waals surface area contributed by atoms with Gasteiger partial charge in [0.1, 0.15) is 0 Å². The molecule has 3 heterocycles. The zero-order valence-electron chi connectivity index (χ0n) is 49.7. The number of sulfone groups is 2. The van der Waals surface area contributed by atoms with Crippen LogP contribution in [0.1, 0.15) is 194 Å². The van der Waals surface area contributed by atoms with E-state index < -0.39 is 19.7 Å². The summed E-state index contributed by atoms with van der Waals surface area (Å²) < 4.78 is 60.1. The first kappa shape index (κ1) is 56.8. The largest absolute Gasteiger partial charge is 0.352 e. The van der Waals surface area contributed by atoms with Crippen LogP contribution in [0.2, 0.25) is 0 Å². The van der Waals surface area contributed by atoms with E-state index in [1.807, 2.05) is 48.5 Å². The molecule has 0 atom stereocenters. The second-order valence-corrected chi connectivity index (χ2v) is 32.5. The number of benzene rings is 6. The molecule has 3 aliphatic heterocycles. The van der Waals surface area contributed by atoms with Crippen molar-refractivity contribution in [1.29, 1.82) is 0 Å². The van der Waals surface area contributed by atoms with Crippen LogP contribution in [-0.4, -0.2) is 29.9 Å². The van der Waals surface area contributed by atoms with Gasteiger partial charge in [-0.2, -0.15) is 0 Å². The molecular weight excluding hydrogens is 1020 g/mol. The molecule has 0 radical (unpaired) electrons. The number of nitrogens with one attached hydrogen (secondary N) is 1. The summed E-state index contributed by atoms with van der Waals surface area (Å²) in [7, 11) is -7.90. The van der Waals surface area contributed by atoms with Gasteiger partial charge in [-0.25, -0.2) is 16.8 Å². The van der Waals surface area contributed by atoms with Crippen molar-refractivity contribution in [2.24, 2.45) is 0 Å². The molecule has 408 valence electrons. The molecule has 0 fully saturated rings. The van der Waals surface area contributed by atoms with Crippen molar-refractivity contribution < 1.29 is 16.8 Å². The van der Waals surface area contributed by atoms with Gasteiger partial charge >= 0.3 is 0 Å². The highest BCUT2D eigenvalue weighted by Gasteiger charge is 2.40. The summed E-state index contributed by atoms with van der Waals surface area (Å²) in [5, 5.41) is 3.89. The minimum atomic E-state index is -3.95. The minimum Gasteiger partial charge on any atom is -0.352 e. The molecular formula is C68H79N3O4S3. The van der Waals surface area contributed by atoms with Crippen molar-refractivity contribution in [2.45, 2.75) is 200 Å². The third kappa shape index (κ3) is 10.1. The van der Waals surface area contributed by atoms with E-state index in [-0.39, 0.29) is 42.3 Å². The maximum atomic E-state index is 15.0. The Bertz CT molecular complexity index is 3620. The summed E-state index contributed by atoms with van der Waals surface area (Å²) in [6.07, 6.45) is 0. The average Bonchev–Trinajstić information content (AvgIpc) is 3.36. The molecule has 3 aliphatic rings. The van der Waals surface area contributed by atoms with Crippen molar-refractivity contribution >= 4 is 65.6 Å². The van der Waals surface area contributed by atoms with E-state index in [2.05, 4.69) is 214 Å². The fourth-order valence-electron chi connectivity index (χ4n) is 10.4. The molecule has 0 amide bonds. The second kappa shape index (κ2) is 18.9. The highest BCUT2D eigenvalue weighted by molar-refractivity contribution is 7.99. The molecule has 10 heteroatoms. The SMILES string of the molecule is CCN1c2ccc(C(C)(C)C)cc2S(=O)(=O)c2cc(C(C)(C)C)cc(C#Cc3cc(C(C)(C)C)cc4c3Nc3c(C#Cc5cc(C(C)(C)C)cc6c5N(CC)c5ccc(C(C)(C)C)cc5S6(=O)=O)cc(C(C)(C)C)cc3S4)c21. The number of nitrogens with zero attached hydrogens (tertiary/aromatic N) is 2. The van der Waals surface area contributed by atoms with Gasteiger partial charge in [0.2, 0.25) is 19.7 Å². The van der Waals surface area contributed by atoms with Crippen LogP contribution in [0.15, 0.2) is 114 Å². The lowest BCUT2D eigenvalue weighted by Gasteiger charge is -2.35. The van der Waals surface area contributed by atoms with Crippen LogP contribution in [0.3, 0.4) is 0 Å². The van der Waals surface area contributed by atoms with Gasteiger partial charge in [0.05, 0.1) is 64.8 Å².